The van der Waals surface area contributed by atoms with Gasteiger partial charge in [0.2, 0.25) is 0 Å². The molecule has 0 spiro atoms. The maximum Gasteiger partial charge on any atom is 0.143 e. The summed E-state index contributed by atoms with van der Waals surface area (Å²) in [6.45, 7) is 0. The zero-order valence-corrected chi connectivity index (χ0v) is 34.2. The first-order valence-corrected chi connectivity index (χ1v) is 21.8. The van der Waals surface area contributed by atoms with Crippen molar-refractivity contribution in [2.75, 3.05) is 0 Å². The smallest absolute Gasteiger partial charge is 0.143 e. The Labute approximate surface area is 362 Å². The third kappa shape index (κ3) is 4.99. The van der Waals surface area contributed by atoms with Crippen LogP contribution in [0, 0.1) is 0 Å². The lowest BCUT2D eigenvalue weighted by Crippen LogP contribution is -1.93. The molecule has 0 atom stereocenters. The molecule has 14 rings (SSSR count). The van der Waals surface area contributed by atoms with E-state index in [0.29, 0.717) is 0 Å². The van der Waals surface area contributed by atoms with Crippen molar-refractivity contribution in [1.29, 1.82) is 0 Å². The molecule has 1 heterocycles. The van der Waals surface area contributed by atoms with Crippen molar-refractivity contribution in [3.8, 4) is 33.4 Å². The average Bonchev–Trinajstić information content (AvgIpc) is 3.72. The number of hydrogen-bond donors (Lipinski definition) is 0. The van der Waals surface area contributed by atoms with Gasteiger partial charge in [0.15, 0.2) is 0 Å². The number of rotatable bonds is 3. The Morgan fingerprint density at radius 1 is 0.206 bits per heavy atom. The Kier molecular flexibility index (Phi) is 7.17. The summed E-state index contributed by atoms with van der Waals surface area (Å²) in [5, 5.41) is 22.1. The average molecular weight is 797 g/mol. The second-order valence-electron chi connectivity index (χ2n) is 17.1. The van der Waals surface area contributed by atoms with Crippen LogP contribution in [0.1, 0.15) is 0 Å². The van der Waals surface area contributed by atoms with Crippen LogP contribution in [-0.4, -0.2) is 0 Å². The predicted octanol–water partition coefficient (Wildman–Crippen LogP) is 17.8. The molecule has 0 N–H and O–H groups in total. The van der Waals surface area contributed by atoms with E-state index in [1.807, 2.05) is 0 Å². The third-order valence-corrected chi connectivity index (χ3v) is 13.8. The van der Waals surface area contributed by atoms with E-state index in [4.69, 9.17) is 4.42 Å². The Morgan fingerprint density at radius 2 is 0.667 bits per heavy atom. The van der Waals surface area contributed by atoms with Gasteiger partial charge in [-0.05, 0) is 151 Å². The van der Waals surface area contributed by atoms with Crippen molar-refractivity contribution in [2.45, 2.75) is 0 Å². The largest absolute Gasteiger partial charge is 0.455 e. The lowest BCUT2D eigenvalue weighted by Gasteiger charge is -2.20. The lowest BCUT2D eigenvalue weighted by molar-refractivity contribution is 0.673. The quantitative estimate of drug-likeness (QED) is 0.128. The summed E-state index contributed by atoms with van der Waals surface area (Å²) in [6.07, 6.45) is 0. The molecule has 1 heteroatoms. The van der Waals surface area contributed by atoms with Crippen LogP contribution in [0.4, 0.5) is 0 Å². The maximum atomic E-state index is 6.71. The fourth-order valence-electron chi connectivity index (χ4n) is 11.0. The standard InChI is InChI=1S/C62H36O/c1-6-21-45-37(14-1)28-31-53-57-35-55-47-23-8-7-22-46(47)54-34-39(29-30-48(54)56(55)36-58(57)63-62(45)53)38-17-13-18-42(32-38)59-49-24-9-11-26-51(49)61(52-27-12-10-25-50(52)59)60-43-19-4-2-15-40(43)33-41-16-3-5-20-44(41)60/h1-36H. The number of hydrogen-bond acceptors (Lipinski definition) is 1. The molecule has 0 bridgehead atoms. The van der Waals surface area contributed by atoms with Gasteiger partial charge in [-0.25, -0.2) is 0 Å². The molecule has 63 heavy (non-hydrogen) atoms. The molecule has 0 unspecified atom stereocenters. The van der Waals surface area contributed by atoms with Crippen molar-refractivity contribution < 1.29 is 4.42 Å². The maximum absolute atomic E-state index is 6.71. The minimum absolute atomic E-state index is 0.918. The molecule has 1 aromatic heterocycles. The van der Waals surface area contributed by atoms with Gasteiger partial charge in [0.05, 0.1) is 0 Å². The Hall–Kier alpha value is -8.26. The van der Waals surface area contributed by atoms with E-state index in [0.717, 1.165) is 27.3 Å². The van der Waals surface area contributed by atoms with Crippen LogP contribution in [0.3, 0.4) is 0 Å². The van der Waals surface area contributed by atoms with E-state index < -0.39 is 0 Å². The van der Waals surface area contributed by atoms with Crippen LogP contribution >= 0.6 is 0 Å². The van der Waals surface area contributed by atoms with E-state index in [-0.39, 0.29) is 0 Å². The molecule has 0 radical (unpaired) electrons. The van der Waals surface area contributed by atoms with Gasteiger partial charge in [-0.2, -0.15) is 0 Å². The molecule has 14 aromatic rings. The van der Waals surface area contributed by atoms with Crippen LogP contribution in [0.5, 0.6) is 0 Å². The zero-order chi connectivity index (χ0) is 41.2. The molecule has 0 aliphatic carbocycles. The molecule has 0 aliphatic heterocycles. The molecule has 0 amide bonds. The highest BCUT2D eigenvalue weighted by molar-refractivity contribution is 6.30. The summed E-state index contributed by atoms with van der Waals surface area (Å²) in [5.41, 5.74) is 9.30. The van der Waals surface area contributed by atoms with Crippen LogP contribution in [0.25, 0.3) is 141 Å². The van der Waals surface area contributed by atoms with Crippen LogP contribution in [0.2, 0.25) is 0 Å². The van der Waals surface area contributed by atoms with E-state index >= 15 is 0 Å². The van der Waals surface area contributed by atoms with Gasteiger partial charge < -0.3 is 4.42 Å². The van der Waals surface area contributed by atoms with Gasteiger partial charge in [-0.1, -0.05) is 182 Å². The highest BCUT2D eigenvalue weighted by Gasteiger charge is 2.21. The summed E-state index contributed by atoms with van der Waals surface area (Å²) in [4.78, 5) is 0. The van der Waals surface area contributed by atoms with Gasteiger partial charge in [0, 0.05) is 16.2 Å². The van der Waals surface area contributed by atoms with Crippen molar-refractivity contribution in [3.05, 3.63) is 218 Å². The summed E-state index contributed by atoms with van der Waals surface area (Å²) in [5.74, 6) is 0. The second kappa shape index (κ2) is 13.1. The van der Waals surface area contributed by atoms with E-state index in [1.165, 1.54) is 114 Å². The molecule has 0 aliphatic rings. The van der Waals surface area contributed by atoms with E-state index in [9.17, 15) is 0 Å². The topological polar surface area (TPSA) is 13.1 Å². The predicted molar refractivity (Wildman–Crippen MR) is 270 cm³/mol. The number of furan rings is 1. The molecule has 13 aromatic carbocycles. The first kappa shape index (κ1) is 34.5. The molecule has 0 fully saturated rings. The molecule has 0 saturated heterocycles. The molecule has 1 nitrogen and oxygen atoms in total. The Bertz CT molecular complexity index is 4150. The summed E-state index contributed by atoms with van der Waals surface area (Å²) < 4.78 is 6.71. The van der Waals surface area contributed by atoms with Gasteiger partial charge in [0.25, 0.3) is 0 Å². The van der Waals surface area contributed by atoms with Crippen molar-refractivity contribution in [3.63, 3.8) is 0 Å². The first-order chi connectivity index (χ1) is 31.2. The monoisotopic (exact) mass is 796 g/mol. The van der Waals surface area contributed by atoms with Crippen molar-refractivity contribution >= 4 is 108 Å². The minimum Gasteiger partial charge on any atom is -0.455 e. The van der Waals surface area contributed by atoms with Gasteiger partial charge in [-0.3, -0.25) is 0 Å². The highest BCUT2D eigenvalue weighted by Crippen LogP contribution is 2.48. The molecular formula is C62H36O. The Morgan fingerprint density at radius 3 is 1.33 bits per heavy atom. The van der Waals surface area contributed by atoms with E-state index in [2.05, 4.69) is 218 Å². The van der Waals surface area contributed by atoms with Gasteiger partial charge >= 0.3 is 0 Å². The zero-order valence-electron chi connectivity index (χ0n) is 34.2. The van der Waals surface area contributed by atoms with Gasteiger partial charge in [-0.15, -0.1) is 0 Å². The minimum atomic E-state index is 0.918. The Balaban J connectivity index is 0.984. The van der Waals surface area contributed by atoms with Crippen molar-refractivity contribution in [2.24, 2.45) is 0 Å². The van der Waals surface area contributed by atoms with E-state index in [1.54, 1.807) is 0 Å². The summed E-state index contributed by atoms with van der Waals surface area (Å²) in [6, 6.07) is 80.7. The van der Waals surface area contributed by atoms with Crippen molar-refractivity contribution in [1.82, 2.24) is 0 Å². The molecule has 290 valence electrons. The normalized spacial score (nSPS) is 12.1. The first-order valence-electron chi connectivity index (χ1n) is 21.8. The van der Waals surface area contributed by atoms with Crippen LogP contribution < -0.4 is 0 Å². The lowest BCUT2D eigenvalue weighted by atomic mass is 9.82. The third-order valence-electron chi connectivity index (χ3n) is 13.8. The number of fused-ring (bicyclic) bond motifs is 15. The number of benzene rings is 13. The fraction of sp³-hybridized carbons (Fsp3) is 0. The summed E-state index contributed by atoms with van der Waals surface area (Å²) in [7, 11) is 0. The molecule has 0 saturated carbocycles. The SMILES string of the molecule is c1cc(-c2ccc3c(c2)c2ccccc2c2cc4c(cc32)oc2c3ccccc3ccc42)cc(-c2c3ccccc3c(-c3c4ccccc4cc4ccccc34)c3ccccc23)c1. The van der Waals surface area contributed by atoms with Gasteiger partial charge in [0.1, 0.15) is 11.2 Å². The fourth-order valence-corrected chi connectivity index (χ4v) is 11.0. The van der Waals surface area contributed by atoms with Crippen LogP contribution in [-0.2, 0) is 0 Å². The molecular weight excluding hydrogens is 761 g/mol. The summed E-state index contributed by atoms with van der Waals surface area (Å²) >= 11 is 0. The highest BCUT2D eigenvalue weighted by atomic mass is 16.3. The van der Waals surface area contributed by atoms with Crippen LogP contribution in [0.15, 0.2) is 223 Å². The second-order valence-corrected chi connectivity index (χ2v) is 17.1.